The average Bonchev–Trinajstić information content (AvgIpc) is 2.49. The zero-order chi connectivity index (χ0) is 18.7. The smallest absolute Gasteiger partial charge is 0.326 e. The van der Waals surface area contributed by atoms with Crippen molar-refractivity contribution in [3.63, 3.8) is 0 Å². The highest BCUT2D eigenvalue weighted by Crippen LogP contribution is 2.27. The number of aryl methyl sites for hydroxylation is 2. The number of rotatable bonds is 5. The second kappa shape index (κ2) is 7.43. The summed E-state index contributed by atoms with van der Waals surface area (Å²) >= 11 is 5.98. The lowest BCUT2D eigenvalue weighted by atomic mass is 10.1. The zero-order valence-corrected chi connectivity index (χ0v) is 14.8. The number of nitrogens with one attached hydrogen (secondary N) is 3. The highest BCUT2D eigenvalue weighted by atomic mass is 35.5. The van der Waals surface area contributed by atoms with Gasteiger partial charge in [0, 0.05) is 5.02 Å². The van der Waals surface area contributed by atoms with E-state index in [1.165, 1.54) is 0 Å². The Morgan fingerprint density at radius 1 is 1.28 bits per heavy atom. The van der Waals surface area contributed by atoms with E-state index in [9.17, 15) is 14.4 Å². The van der Waals surface area contributed by atoms with Crippen LogP contribution in [-0.4, -0.2) is 28.5 Å². The summed E-state index contributed by atoms with van der Waals surface area (Å²) in [5, 5.41) is 3.24. The normalized spacial score (nSPS) is 11.8. The lowest BCUT2D eigenvalue weighted by Crippen LogP contribution is -2.40. The predicted molar refractivity (Wildman–Crippen MR) is 95.4 cm³/mol. The van der Waals surface area contributed by atoms with E-state index >= 15 is 0 Å². The van der Waals surface area contributed by atoms with Crippen LogP contribution in [-0.2, 0) is 0 Å². The number of nitrogen functional groups attached to an aromatic ring is 1. The standard InChI is InChI=1S/C16H19ClN4O4/c1-7-4-10(17)5-8(2)13(7)25-6-9(3)19-15(23)12-11(18)14(22)21-16(24)20-12/h4-5,9H,6,18H2,1-3H3,(H,19,23)(H2,20,21,22,24)/t9-/m1/s1. The summed E-state index contributed by atoms with van der Waals surface area (Å²) in [5.74, 6) is 0.0240. The fourth-order valence-corrected chi connectivity index (χ4v) is 2.67. The molecular weight excluding hydrogens is 348 g/mol. The van der Waals surface area contributed by atoms with Crippen molar-refractivity contribution < 1.29 is 9.53 Å². The van der Waals surface area contributed by atoms with Gasteiger partial charge in [0.05, 0.1) is 6.04 Å². The molecule has 1 amide bonds. The minimum Gasteiger partial charge on any atom is -0.491 e. The number of nitrogens with two attached hydrogens (primary N) is 1. The SMILES string of the molecule is Cc1cc(Cl)cc(C)c1OC[C@@H](C)NC(=O)c1[nH]c(=O)[nH]c(=O)c1N. The number of amides is 1. The minimum absolute atomic E-state index is 0.183. The largest absolute Gasteiger partial charge is 0.491 e. The van der Waals surface area contributed by atoms with Gasteiger partial charge in [-0.25, -0.2) is 4.79 Å². The molecule has 0 aliphatic carbocycles. The Labute approximate surface area is 148 Å². The summed E-state index contributed by atoms with van der Waals surface area (Å²) in [6.07, 6.45) is 0. The lowest BCUT2D eigenvalue weighted by Gasteiger charge is -2.18. The van der Waals surface area contributed by atoms with Crippen molar-refractivity contribution in [2.45, 2.75) is 26.8 Å². The maximum atomic E-state index is 12.2. The van der Waals surface area contributed by atoms with Crippen LogP contribution in [0, 0.1) is 13.8 Å². The summed E-state index contributed by atoms with van der Waals surface area (Å²) in [6.45, 7) is 5.65. The van der Waals surface area contributed by atoms with E-state index in [4.69, 9.17) is 22.1 Å². The molecule has 0 spiro atoms. The Balaban J connectivity index is 2.06. The van der Waals surface area contributed by atoms with E-state index in [-0.39, 0.29) is 18.0 Å². The van der Waals surface area contributed by atoms with Gasteiger partial charge < -0.3 is 20.8 Å². The predicted octanol–water partition coefficient (Wildman–Crippen LogP) is 1.11. The van der Waals surface area contributed by atoms with E-state index in [0.29, 0.717) is 10.8 Å². The van der Waals surface area contributed by atoms with Crippen molar-refractivity contribution in [3.8, 4) is 5.75 Å². The van der Waals surface area contributed by atoms with Crippen LogP contribution in [0.3, 0.4) is 0 Å². The first-order valence-electron chi connectivity index (χ1n) is 7.51. The molecule has 9 heteroatoms. The van der Waals surface area contributed by atoms with Crippen molar-refractivity contribution >= 4 is 23.2 Å². The maximum Gasteiger partial charge on any atom is 0.326 e. The molecule has 1 aromatic heterocycles. The molecule has 0 aliphatic heterocycles. The van der Waals surface area contributed by atoms with Gasteiger partial charge in [-0.1, -0.05) is 11.6 Å². The molecule has 2 aromatic rings. The molecule has 1 aromatic carbocycles. The molecule has 1 heterocycles. The molecule has 25 heavy (non-hydrogen) atoms. The number of hydrogen-bond acceptors (Lipinski definition) is 5. The number of H-pyrrole nitrogens is 2. The van der Waals surface area contributed by atoms with Crippen LogP contribution in [0.25, 0.3) is 0 Å². The molecule has 134 valence electrons. The highest BCUT2D eigenvalue weighted by molar-refractivity contribution is 6.30. The van der Waals surface area contributed by atoms with Crippen LogP contribution in [0.4, 0.5) is 5.69 Å². The summed E-state index contributed by atoms with van der Waals surface area (Å²) < 4.78 is 5.75. The van der Waals surface area contributed by atoms with Gasteiger partial charge in [-0.3, -0.25) is 14.6 Å². The number of halogens is 1. The molecule has 2 rings (SSSR count). The summed E-state index contributed by atoms with van der Waals surface area (Å²) in [6, 6.07) is 3.17. The van der Waals surface area contributed by atoms with E-state index in [1.54, 1.807) is 19.1 Å². The molecule has 0 aliphatic rings. The van der Waals surface area contributed by atoms with Crippen molar-refractivity contribution in [1.29, 1.82) is 0 Å². The first-order chi connectivity index (χ1) is 11.7. The molecule has 0 bridgehead atoms. The first-order valence-corrected chi connectivity index (χ1v) is 7.89. The van der Waals surface area contributed by atoms with Gasteiger partial charge in [-0.15, -0.1) is 0 Å². The topological polar surface area (TPSA) is 130 Å². The van der Waals surface area contributed by atoms with Gasteiger partial charge in [0.2, 0.25) is 0 Å². The van der Waals surface area contributed by atoms with E-state index in [2.05, 4.69) is 10.3 Å². The van der Waals surface area contributed by atoms with Crippen LogP contribution in [0.2, 0.25) is 5.02 Å². The number of benzene rings is 1. The molecule has 0 saturated heterocycles. The highest BCUT2D eigenvalue weighted by Gasteiger charge is 2.17. The number of carbonyl (C=O) groups is 1. The zero-order valence-electron chi connectivity index (χ0n) is 14.0. The Bertz CT molecular complexity index is 896. The second-order valence-electron chi connectivity index (χ2n) is 5.75. The minimum atomic E-state index is -0.815. The third-order valence-electron chi connectivity index (χ3n) is 3.49. The van der Waals surface area contributed by atoms with Crippen LogP contribution < -0.4 is 27.0 Å². The fourth-order valence-electron chi connectivity index (χ4n) is 2.35. The van der Waals surface area contributed by atoms with Crippen LogP contribution >= 0.6 is 11.6 Å². The Kier molecular flexibility index (Phi) is 5.53. The number of aromatic amines is 2. The van der Waals surface area contributed by atoms with Crippen LogP contribution in [0.15, 0.2) is 21.7 Å². The van der Waals surface area contributed by atoms with Gasteiger partial charge in [-0.2, -0.15) is 0 Å². The Morgan fingerprint density at radius 2 is 1.88 bits per heavy atom. The summed E-state index contributed by atoms with van der Waals surface area (Å²) in [5.41, 5.74) is 5.04. The molecule has 0 saturated carbocycles. The average molecular weight is 367 g/mol. The maximum absolute atomic E-state index is 12.2. The lowest BCUT2D eigenvalue weighted by molar-refractivity contribution is 0.0922. The molecular formula is C16H19ClN4O4. The third-order valence-corrected chi connectivity index (χ3v) is 3.71. The molecule has 5 N–H and O–H groups in total. The molecule has 1 atom stereocenters. The molecule has 0 radical (unpaired) electrons. The molecule has 0 fully saturated rings. The van der Waals surface area contributed by atoms with Gasteiger partial charge in [0.1, 0.15) is 23.7 Å². The quantitative estimate of drug-likeness (QED) is 0.629. The molecule has 8 nitrogen and oxygen atoms in total. The van der Waals surface area contributed by atoms with Gasteiger partial charge in [-0.05, 0) is 44.0 Å². The van der Waals surface area contributed by atoms with Crippen molar-refractivity contribution in [2.75, 3.05) is 12.3 Å². The summed E-state index contributed by atoms with van der Waals surface area (Å²) in [7, 11) is 0. The van der Waals surface area contributed by atoms with Crippen molar-refractivity contribution in [2.24, 2.45) is 0 Å². The molecule has 0 unspecified atom stereocenters. The first kappa shape index (κ1) is 18.6. The van der Waals surface area contributed by atoms with Gasteiger partial charge in [0.25, 0.3) is 11.5 Å². The Morgan fingerprint density at radius 3 is 2.48 bits per heavy atom. The van der Waals surface area contributed by atoms with Crippen molar-refractivity contribution in [3.05, 3.63) is 54.8 Å². The Hall–Kier alpha value is -2.74. The van der Waals surface area contributed by atoms with Gasteiger partial charge >= 0.3 is 5.69 Å². The van der Waals surface area contributed by atoms with Crippen molar-refractivity contribution in [1.82, 2.24) is 15.3 Å². The van der Waals surface area contributed by atoms with E-state index in [0.717, 1.165) is 11.1 Å². The number of ether oxygens (including phenoxy) is 1. The third kappa shape index (κ3) is 4.42. The van der Waals surface area contributed by atoms with Gasteiger partial charge in [0.15, 0.2) is 0 Å². The summed E-state index contributed by atoms with van der Waals surface area (Å²) in [4.78, 5) is 39.1. The number of anilines is 1. The van der Waals surface area contributed by atoms with Crippen LogP contribution in [0.1, 0.15) is 28.5 Å². The van der Waals surface area contributed by atoms with E-state index < -0.39 is 23.2 Å². The monoisotopic (exact) mass is 366 g/mol. The van der Waals surface area contributed by atoms with E-state index in [1.807, 2.05) is 18.8 Å². The number of hydrogen-bond donors (Lipinski definition) is 4. The number of carbonyl (C=O) groups excluding carboxylic acids is 1. The second-order valence-corrected chi connectivity index (χ2v) is 6.19. The fraction of sp³-hybridized carbons (Fsp3) is 0.312. The number of aromatic nitrogens is 2. The van der Waals surface area contributed by atoms with Crippen LogP contribution in [0.5, 0.6) is 5.75 Å².